The lowest BCUT2D eigenvalue weighted by Gasteiger charge is -2.42. The van der Waals surface area contributed by atoms with Crippen molar-refractivity contribution in [2.24, 2.45) is 11.1 Å². The number of hydrogen-bond acceptors (Lipinski definition) is 8. The van der Waals surface area contributed by atoms with Crippen molar-refractivity contribution < 1.29 is 0 Å². The number of nitrogen functional groups attached to an aromatic ring is 1. The van der Waals surface area contributed by atoms with Crippen molar-refractivity contribution in [3.05, 3.63) is 70.0 Å². The van der Waals surface area contributed by atoms with Gasteiger partial charge < -0.3 is 16.4 Å². The summed E-state index contributed by atoms with van der Waals surface area (Å²) in [7, 11) is 0. The summed E-state index contributed by atoms with van der Waals surface area (Å²) in [6, 6.07) is 11.8. The fourth-order valence-corrected chi connectivity index (χ4v) is 6.53. The van der Waals surface area contributed by atoms with Crippen LogP contribution in [-0.2, 0) is 6.42 Å². The van der Waals surface area contributed by atoms with E-state index in [-0.39, 0.29) is 11.5 Å². The summed E-state index contributed by atoms with van der Waals surface area (Å²) in [5.41, 5.74) is 16.4. The van der Waals surface area contributed by atoms with Gasteiger partial charge in [-0.3, -0.25) is 0 Å². The minimum atomic E-state index is 0.0189. The fourth-order valence-electron chi connectivity index (χ4n) is 5.23. The molecule has 1 aliphatic heterocycles. The van der Waals surface area contributed by atoms with Gasteiger partial charge in [0.05, 0.1) is 11.2 Å². The van der Waals surface area contributed by atoms with Crippen molar-refractivity contribution in [3.8, 4) is 0 Å². The molecule has 0 saturated carbocycles. The fraction of sp³-hybridized carbons (Fsp3) is 0.280. The molecule has 0 bridgehead atoms. The van der Waals surface area contributed by atoms with Crippen LogP contribution in [0.15, 0.2) is 58.7 Å². The Morgan fingerprint density at radius 1 is 1.03 bits per heavy atom. The topological polar surface area (TPSA) is 107 Å². The van der Waals surface area contributed by atoms with Gasteiger partial charge in [0.25, 0.3) is 0 Å². The summed E-state index contributed by atoms with van der Waals surface area (Å²) < 4.78 is 0. The molecule has 1 atom stereocenters. The van der Waals surface area contributed by atoms with Crippen LogP contribution in [-0.4, -0.2) is 33.0 Å². The lowest BCUT2D eigenvalue weighted by molar-refractivity contribution is 0.187. The third-order valence-electron chi connectivity index (χ3n) is 7.22. The van der Waals surface area contributed by atoms with E-state index in [1.807, 2.05) is 30.3 Å². The Kier molecular flexibility index (Phi) is 5.72. The maximum atomic E-state index is 6.74. The van der Waals surface area contributed by atoms with Crippen molar-refractivity contribution in [3.63, 3.8) is 0 Å². The van der Waals surface area contributed by atoms with Gasteiger partial charge in [-0.25, -0.2) is 19.9 Å². The van der Waals surface area contributed by atoms with Crippen LogP contribution in [0.1, 0.15) is 30.0 Å². The molecular formula is C25H23Cl2N7S. The standard InChI is InChI=1S/C25H23Cl2N7S/c26-16-3-1-2-14-15(16)12-25(22(14)28)7-10-34(11-8-25)19-13-31-24-17(32-19)4-5-20(33-24)35-18-6-9-30-23(29)21(18)27/h1-6,9,13,22H,7-8,10-12,28H2,(H2,29,30)/t22-/m0/s1. The average Bonchev–Trinajstić information content (AvgIpc) is 3.14. The van der Waals surface area contributed by atoms with E-state index in [9.17, 15) is 0 Å². The number of piperidine rings is 1. The van der Waals surface area contributed by atoms with E-state index in [1.54, 1.807) is 12.4 Å². The van der Waals surface area contributed by atoms with Crippen LogP contribution in [0.25, 0.3) is 11.2 Å². The zero-order valence-electron chi connectivity index (χ0n) is 18.8. The number of hydrogen-bond donors (Lipinski definition) is 2. The van der Waals surface area contributed by atoms with Crippen LogP contribution in [0.2, 0.25) is 10.0 Å². The van der Waals surface area contributed by atoms with Gasteiger partial charge in [0.1, 0.15) is 22.2 Å². The highest BCUT2D eigenvalue weighted by Gasteiger charge is 2.46. The summed E-state index contributed by atoms with van der Waals surface area (Å²) in [6.45, 7) is 1.76. The predicted molar refractivity (Wildman–Crippen MR) is 141 cm³/mol. The molecule has 4 aromatic rings. The molecule has 4 N–H and O–H groups in total. The second-order valence-corrected chi connectivity index (χ2v) is 11.0. The first-order valence-corrected chi connectivity index (χ1v) is 13.0. The van der Waals surface area contributed by atoms with Crippen molar-refractivity contribution in [2.45, 2.75) is 35.2 Å². The summed E-state index contributed by atoms with van der Waals surface area (Å²) >= 11 is 14.2. The molecule has 1 saturated heterocycles. The van der Waals surface area contributed by atoms with Crippen LogP contribution in [0.5, 0.6) is 0 Å². The van der Waals surface area contributed by atoms with E-state index >= 15 is 0 Å². The molecular weight excluding hydrogens is 501 g/mol. The summed E-state index contributed by atoms with van der Waals surface area (Å²) in [5.74, 6) is 1.16. The highest BCUT2D eigenvalue weighted by molar-refractivity contribution is 7.99. The second-order valence-electron chi connectivity index (χ2n) is 9.14. The number of benzene rings is 1. The summed E-state index contributed by atoms with van der Waals surface area (Å²) in [4.78, 5) is 21.2. The first-order valence-electron chi connectivity index (χ1n) is 11.4. The van der Waals surface area contributed by atoms with E-state index in [0.29, 0.717) is 16.5 Å². The zero-order chi connectivity index (χ0) is 24.2. The van der Waals surface area contributed by atoms with Crippen molar-refractivity contribution >= 4 is 57.8 Å². The minimum Gasteiger partial charge on any atom is -0.382 e. The van der Waals surface area contributed by atoms with E-state index in [2.05, 4.69) is 25.9 Å². The minimum absolute atomic E-state index is 0.0189. The maximum absolute atomic E-state index is 6.74. The van der Waals surface area contributed by atoms with E-state index in [4.69, 9.17) is 39.7 Å². The molecule has 7 nitrogen and oxygen atoms in total. The molecule has 35 heavy (non-hydrogen) atoms. The summed E-state index contributed by atoms with van der Waals surface area (Å²) in [6.07, 6.45) is 6.35. The average molecular weight is 524 g/mol. The Morgan fingerprint density at radius 2 is 1.86 bits per heavy atom. The smallest absolute Gasteiger partial charge is 0.179 e. The number of nitrogens with zero attached hydrogens (tertiary/aromatic N) is 5. The molecule has 0 amide bonds. The Hall–Kier alpha value is -2.65. The number of anilines is 2. The van der Waals surface area contributed by atoms with Crippen molar-refractivity contribution in [1.29, 1.82) is 0 Å². The van der Waals surface area contributed by atoms with Gasteiger partial charge in [0.15, 0.2) is 5.65 Å². The molecule has 4 heterocycles. The molecule has 1 aliphatic carbocycles. The van der Waals surface area contributed by atoms with Gasteiger partial charge in [-0.1, -0.05) is 47.1 Å². The predicted octanol–water partition coefficient (Wildman–Crippen LogP) is 5.30. The van der Waals surface area contributed by atoms with E-state index in [1.165, 1.54) is 22.9 Å². The Balaban J connectivity index is 1.18. The highest BCUT2D eigenvalue weighted by Crippen LogP contribution is 2.52. The molecule has 10 heteroatoms. The molecule has 0 unspecified atom stereocenters. The molecule has 1 spiro atoms. The molecule has 3 aromatic heterocycles. The number of nitrogens with two attached hydrogens (primary N) is 2. The van der Waals surface area contributed by atoms with E-state index < -0.39 is 0 Å². The third-order valence-corrected chi connectivity index (χ3v) is 9.08. The maximum Gasteiger partial charge on any atom is 0.179 e. The van der Waals surface area contributed by atoms with Crippen LogP contribution >= 0.6 is 35.0 Å². The zero-order valence-corrected chi connectivity index (χ0v) is 21.1. The molecule has 1 aromatic carbocycles. The van der Waals surface area contributed by atoms with Gasteiger partial charge >= 0.3 is 0 Å². The van der Waals surface area contributed by atoms with Crippen LogP contribution in [0.4, 0.5) is 11.6 Å². The molecule has 1 fully saturated rings. The van der Waals surface area contributed by atoms with E-state index in [0.717, 1.165) is 58.6 Å². The number of rotatable bonds is 3. The number of pyridine rings is 2. The molecule has 2 aliphatic rings. The Labute approximate surface area is 217 Å². The van der Waals surface area contributed by atoms with Crippen LogP contribution in [0.3, 0.4) is 0 Å². The monoisotopic (exact) mass is 523 g/mol. The number of halogens is 2. The number of aromatic nitrogens is 4. The quantitative estimate of drug-likeness (QED) is 0.372. The largest absolute Gasteiger partial charge is 0.382 e. The highest BCUT2D eigenvalue weighted by atomic mass is 35.5. The van der Waals surface area contributed by atoms with Crippen LogP contribution < -0.4 is 16.4 Å². The third kappa shape index (κ3) is 3.98. The lowest BCUT2D eigenvalue weighted by Crippen LogP contribution is -2.44. The lowest BCUT2D eigenvalue weighted by atomic mass is 9.73. The van der Waals surface area contributed by atoms with Gasteiger partial charge in [-0.15, -0.1) is 0 Å². The first-order chi connectivity index (χ1) is 16.9. The van der Waals surface area contributed by atoms with Crippen molar-refractivity contribution in [1.82, 2.24) is 19.9 Å². The Bertz CT molecular complexity index is 1440. The van der Waals surface area contributed by atoms with Gasteiger partial charge in [0, 0.05) is 35.2 Å². The van der Waals surface area contributed by atoms with Gasteiger partial charge in [-0.2, -0.15) is 0 Å². The van der Waals surface area contributed by atoms with Crippen molar-refractivity contribution in [2.75, 3.05) is 23.7 Å². The Morgan fingerprint density at radius 3 is 2.66 bits per heavy atom. The van der Waals surface area contributed by atoms with Gasteiger partial charge in [0.2, 0.25) is 0 Å². The van der Waals surface area contributed by atoms with Crippen LogP contribution in [0, 0.1) is 5.41 Å². The molecule has 6 rings (SSSR count). The summed E-state index contributed by atoms with van der Waals surface area (Å²) in [5, 5.41) is 2.02. The normalized spacial score (nSPS) is 18.8. The first kappa shape index (κ1) is 22.8. The second kappa shape index (κ2) is 8.78. The SMILES string of the molecule is Nc1nccc(Sc2ccc3nc(N4CCC5(CC4)Cc4c(Cl)cccc4[C@@H]5N)cnc3n2)c1Cl. The molecule has 178 valence electrons. The number of fused-ring (bicyclic) bond motifs is 2. The molecule has 0 radical (unpaired) electrons. The van der Waals surface area contributed by atoms with Gasteiger partial charge in [-0.05, 0) is 60.1 Å².